The van der Waals surface area contributed by atoms with Crippen LogP contribution in [0.25, 0.3) is 0 Å². The second kappa shape index (κ2) is 4.54. The lowest BCUT2D eigenvalue weighted by atomic mass is 10.2. The van der Waals surface area contributed by atoms with E-state index in [1.54, 1.807) is 17.0 Å². The summed E-state index contributed by atoms with van der Waals surface area (Å²) < 4.78 is 25.9. The number of benzene rings is 1. The summed E-state index contributed by atoms with van der Waals surface area (Å²) in [5, 5.41) is 9.23. The van der Waals surface area contributed by atoms with Crippen molar-refractivity contribution < 1.29 is 18.3 Å². The van der Waals surface area contributed by atoms with Crippen LogP contribution in [0.3, 0.4) is 0 Å². The van der Waals surface area contributed by atoms with E-state index in [1.165, 1.54) is 17.3 Å². The third-order valence-corrected chi connectivity index (χ3v) is 5.62. The minimum absolute atomic E-state index is 0.0368. The molecule has 1 aromatic rings. The average molecular weight is 296 g/mol. The molecule has 0 bridgehead atoms. The van der Waals surface area contributed by atoms with Crippen molar-refractivity contribution in [3.05, 3.63) is 23.8 Å². The molecule has 6 nitrogen and oxygen atoms in total. The molecule has 108 valence electrons. The summed E-state index contributed by atoms with van der Waals surface area (Å²) in [5.74, 6) is -0.0368. The first-order chi connectivity index (χ1) is 9.39. The highest BCUT2D eigenvalue weighted by atomic mass is 32.2. The van der Waals surface area contributed by atoms with Crippen LogP contribution in [0.2, 0.25) is 0 Å². The number of hydrogen-bond donors (Lipinski definition) is 1. The maximum absolute atomic E-state index is 12.3. The van der Waals surface area contributed by atoms with Gasteiger partial charge >= 0.3 is 0 Å². The third kappa shape index (κ3) is 2.02. The number of carbonyl (C=O) groups is 1. The molecule has 2 heterocycles. The molecule has 0 spiro atoms. The van der Waals surface area contributed by atoms with Gasteiger partial charge in [-0.2, -0.15) is 4.31 Å². The lowest BCUT2D eigenvalue weighted by Crippen LogP contribution is -2.53. The Morgan fingerprint density at radius 3 is 2.65 bits per heavy atom. The van der Waals surface area contributed by atoms with Crippen molar-refractivity contribution in [1.82, 2.24) is 4.31 Å². The monoisotopic (exact) mass is 296 g/mol. The second-order valence-corrected chi connectivity index (χ2v) is 7.12. The van der Waals surface area contributed by atoms with E-state index >= 15 is 0 Å². The summed E-state index contributed by atoms with van der Waals surface area (Å²) in [6, 6.07) is 4.85. The second-order valence-electron chi connectivity index (χ2n) is 5.19. The lowest BCUT2D eigenvalue weighted by Gasteiger charge is -2.34. The zero-order valence-electron chi connectivity index (χ0n) is 11.1. The smallest absolute Gasteiger partial charge is 0.243 e. The number of amides is 1. The summed E-state index contributed by atoms with van der Waals surface area (Å²) in [5.41, 5.74) is 1.67. The Morgan fingerprint density at radius 2 is 2.05 bits per heavy atom. The van der Waals surface area contributed by atoms with E-state index in [2.05, 4.69) is 0 Å². The fourth-order valence-corrected chi connectivity index (χ4v) is 4.19. The number of nitrogens with zero attached hydrogens (tertiary/aromatic N) is 2. The van der Waals surface area contributed by atoms with Crippen molar-refractivity contribution in [3.63, 3.8) is 0 Å². The normalized spacial score (nSPS) is 19.8. The molecule has 2 aliphatic heterocycles. The molecule has 1 aromatic carbocycles. The van der Waals surface area contributed by atoms with E-state index in [0.717, 1.165) is 11.3 Å². The molecule has 2 aliphatic rings. The van der Waals surface area contributed by atoms with Crippen molar-refractivity contribution in [2.75, 3.05) is 24.5 Å². The van der Waals surface area contributed by atoms with Crippen molar-refractivity contribution in [2.45, 2.75) is 24.3 Å². The summed E-state index contributed by atoms with van der Waals surface area (Å²) in [7, 11) is -3.52. The van der Waals surface area contributed by atoms with Crippen LogP contribution in [0.15, 0.2) is 23.1 Å². The number of aliphatic hydroxyl groups excluding tert-OH is 1. The summed E-state index contributed by atoms with van der Waals surface area (Å²) >= 11 is 0. The Labute approximate surface area is 117 Å². The molecule has 1 fully saturated rings. The van der Waals surface area contributed by atoms with Crippen LogP contribution >= 0.6 is 0 Å². The molecule has 1 N–H and O–H groups in total. The highest BCUT2D eigenvalue weighted by Gasteiger charge is 2.36. The van der Waals surface area contributed by atoms with Gasteiger partial charge < -0.3 is 10.0 Å². The summed E-state index contributed by atoms with van der Waals surface area (Å²) in [6.07, 6.45) is 0.105. The highest BCUT2D eigenvalue weighted by Crippen LogP contribution is 2.31. The van der Waals surface area contributed by atoms with Crippen molar-refractivity contribution >= 4 is 21.6 Å². The van der Waals surface area contributed by atoms with Crippen LogP contribution in [0.5, 0.6) is 0 Å². The fourth-order valence-electron chi connectivity index (χ4n) is 2.63. The van der Waals surface area contributed by atoms with Gasteiger partial charge in [-0.05, 0) is 30.2 Å². The topological polar surface area (TPSA) is 77.9 Å². The Kier molecular flexibility index (Phi) is 3.07. The molecule has 0 aliphatic carbocycles. The SMILES string of the molecule is CC(=O)N1CCc2cc(S(=O)(=O)N3CC(O)C3)ccc21. The minimum Gasteiger partial charge on any atom is -0.390 e. The fraction of sp³-hybridized carbons (Fsp3) is 0.462. The van der Waals surface area contributed by atoms with Crippen molar-refractivity contribution in [2.24, 2.45) is 0 Å². The molecule has 0 atom stereocenters. The maximum atomic E-state index is 12.3. The lowest BCUT2D eigenvalue weighted by molar-refractivity contribution is -0.116. The van der Waals surface area contributed by atoms with E-state index < -0.39 is 16.1 Å². The van der Waals surface area contributed by atoms with Gasteiger partial charge in [-0.1, -0.05) is 0 Å². The molecular formula is C13H16N2O4S. The van der Waals surface area contributed by atoms with Gasteiger partial charge in [0, 0.05) is 32.2 Å². The number of aliphatic hydroxyl groups is 1. The van der Waals surface area contributed by atoms with Gasteiger partial charge in [-0.25, -0.2) is 8.42 Å². The van der Waals surface area contributed by atoms with Crippen LogP contribution in [0, 0.1) is 0 Å². The Bertz CT molecular complexity index is 665. The number of sulfonamides is 1. The first-order valence-electron chi connectivity index (χ1n) is 6.49. The molecule has 0 unspecified atom stereocenters. The van der Waals surface area contributed by atoms with E-state index in [1.807, 2.05) is 0 Å². The van der Waals surface area contributed by atoms with Crippen LogP contribution in [0.4, 0.5) is 5.69 Å². The Hall–Kier alpha value is -1.44. The molecule has 0 saturated carbocycles. The van der Waals surface area contributed by atoms with Crippen LogP contribution in [0.1, 0.15) is 12.5 Å². The largest absolute Gasteiger partial charge is 0.390 e. The number of carbonyl (C=O) groups excluding carboxylic acids is 1. The minimum atomic E-state index is -3.52. The number of anilines is 1. The number of β-amino-alcohol motifs (C(OH)–C–C–N with tert-alkyl or cyclic N) is 1. The van der Waals surface area contributed by atoms with Gasteiger partial charge in [0.05, 0.1) is 11.0 Å². The van der Waals surface area contributed by atoms with Crippen molar-refractivity contribution in [1.29, 1.82) is 0 Å². The van der Waals surface area contributed by atoms with Gasteiger partial charge in [0.25, 0.3) is 0 Å². The summed E-state index contributed by atoms with van der Waals surface area (Å²) in [6.45, 7) is 2.40. The van der Waals surface area contributed by atoms with Gasteiger partial charge in [-0.15, -0.1) is 0 Å². The quantitative estimate of drug-likeness (QED) is 0.831. The predicted octanol–water partition coefficient (Wildman–Crippen LogP) is -0.0392. The molecule has 1 amide bonds. The number of hydrogen-bond acceptors (Lipinski definition) is 4. The molecule has 3 rings (SSSR count). The van der Waals surface area contributed by atoms with Crippen LogP contribution in [-0.2, 0) is 21.2 Å². The van der Waals surface area contributed by atoms with E-state index in [-0.39, 0.29) is 23.9 Å². The third-order valence-electron chi connectivity index (χ3n) is 3.79. The molecule has 1 saturated heterocycles. The Balaban J connectivity index is 1.92. The van der Waals surface area contributed by atoms with E-state index in [9.17, 15) is 18.3 Å². The van der Waals surface area contributed by atoms with Gasteiger partial charge in [-0.3, -0.25) is 4.79 Å². The zero-order chi connectivity index (χ0) is 14.5. The average Bonchev–Trinajstić information content (AvgIpc) is 2.77. The molecule has 20 heavy (non-hydrogen) atoms. The molecule has 0 aromatic heterocycles. The van der Waals surface area contributed by atoms with E-state index in [0.29, 0.717) is 13.0 Å². The van der Waals surface area contributed by atoms with E-state index in [4.69, 9.17) is 0 Å². The number of fused-ring (bicyclic) bond motifs is 1. The van der Waals surface area contributed by atoms with Crippen LogP contribution < -0.4 is 4.90 Å². The Morgan fingerprint density at radius 1 is 1.35 bits per heavy atom. The predicted molar refractivity (Wildman–Crippen MR) is 72.9 cm³/mol. The van der Waals surface area contributed by atoms with Gasteiger partial charge in [0.1, 0.15) is 0 Å². The molecule has 0 radical (unpaired) electrons. The molecule has 7 heteroatoms. The van der Waals surface area contributed by atoms with Gasteiger partial charge in [0.15, 0.2) is 0 Å². The highest BCUT2D eigenvalue weighted by molar-refractivity contribution is 7.89. The van der Waals surface area contributed by atoms with Crippen LogP contribution in [-0.4, -0.2) is 49.5 Å². The first kappa shape index (κ1) is 13.5. The molecular weight excluding hydrogens is 280 g/mol. The number of rotatable bonds is 2. The standard InChI is InChI=1S/C13H16N2O4S/c1-9(16)15-5-4-10-6-12(2-3-13(10)15)20(18,19)14-7-11(17)8-14/h2-3,6,11,17H,4-5,7-8H2,1H3. The zero-order valence-corrected chi connectivity index (χ0v) is 11.9. The first-order valence-corrected chi connectivity index (χ1v) is 7.93. The van der Waals surface area contributed by atoms with Gasteiger partial charge in [0.2, 0.25) is 15.9 Å². The van der Waals surface area contributed by atoms with Crippen molar-refractivity contribution in [3.8, 4) is 0 Å². The maximum Gasteiger partial charge on any atom is 0.243 e. The summed E-state index contributed by atoms with van der Waals surface area (Å²) in [4.78, 5) is 13.3.